The third-order valence-corrected chi connectivity index (χ3v) is 2.92. The van der Waals surface area contributed by atoms with E-state index in [1.165, 1.54) is 0 Å². The highest BCUT2D eigenvalue weighted by Gasteiger charge is 2.10. The number of benzene rings is 1. The van der Waals surface area contributed by atoms with E-state index in [2.05, 4.69) is 16.4 Å². The van der Waals surface area contributed by atoms with Crippen LogP contribution in [0.5, 0.6) is 0 Å². The number of fused-ring (bicyclic) bond motifs is 1. The third-order valence-electron chi connectivity index (χ3n) is 2.92. The van der Waals surface area contributed by atoms with Crippen molar-refractivity contribution < 1.29 is 4.79 Å². The first-order valence-corrected chi connectivity index (χ1v) is 6.04. The van der Waals surface area contributed by atoms with Crippen LogP contribution < -0.4 is 5.73 Å². The molecule has 0 atom stereocenters. The number of nitrogens with two attached hydrogens (primary N) is 1. The van der Waals surface area contributed by atoms with Gasteiger partial charge < -0.3 is 5.73 Å². The second-order valence-electron chi connectivity index (χ2n) is 4.23. The number of primary amides is 1. The van der Waals surface area contributed by atoms with Crippen LogP contribution in [0.2, 0.25) is 0 Å². The lowest BCUT2D eigenvalue weighted by molar-refractivity contribution is 0.100. The lowest BCUT2D eigenvalue weighted by atomic mass is 10.2. The molecule has 0 aliphatic carbocycles. The zero-order chi connectivity index (χ0) is 13.9. The van der Waals surface area contributed by atoms with Gasteiger partial charge in [-0.2, -0.15) is 0 Å². The van der Waals surface area contributed by atoms with Crippen molar-refractivity contribution in [3.63, 3.8) is 0 Å². The molecule has 1 radical (unpaired) electrons. The highest BCUT2D eigenvalue weighted by molar-refractivity contribution is 5.98. The van der Waals surface area contributed by atoms with Crippen LogP contribution in [0, 0.1) is 6.33 Å². The van der Waals surface area contributed by atoms with Gasteiger partial charge in [-0.1, -0.05) is 36.4 Å². The molecule has 97 valence electrons. The van der Waals surface area contributed by atoms with Crippen molar-refractivity contribution in [2.75, 3.05) is 0 Å². The quantitative estimate of drug-likeness (QED) is 0.783. The summed E-state index contributed by atoms with van der Waals surface area (Å²) < 4.78 is 1.54. The summed E-state index contributed by atoms with van der Waals surface area (Å²) in [6.07, 6.45) is 6.35. The fraction of sp³-hybridized carbons (Fsp3) is 0. The lowest BCUT2D eigenvalue weighted by Crippen LogP contribution is -2.13. The molecule has 3 rings (SSSR count). The van der Waals surface area contributed by atoms with Gasteiger partial charge in [0.25, 0.3) is 5.91 Å². The summed E-state index contributed by atoms with van der Waals surface area (Å²) in [5.41, 5.74) is 7.91. The average Bonchev–Trinajstić information content (AvgIpc) is 2.95. The Balaban J connectivity index is 2.05. The zero-order valence-electron chi connectivity index (χ0n) is 10.5. The highest BCUT2D eigenvalue weighted by Crippen LogP contribution is 2.13. The zero-order valence-corrected chi connectivity index (χ0v) is 10.5. The van der Waals surface area contributed by atoms with E-state index in [9.17, 15) is 4.79 Å². The number of aromatic nitrogens is 3. The van der Waals surface area contributed by atoms with E-state index in [1.54, 1.807) is 16.6 Å². The normalized spacial score (nSPS) is 11.2. The van der Waals surface area contributed by atoms with Crippen molar-refractivity contribution in [3.05, 3.63) is 65.6 Å². The summed E-state index contributed by atoms with van der Waals surface area (Å²) in [7, 11) is 0. The molecule has 2 aromatic heterocycles. The van der Waals surface area contributed by atoms with Gasteiger partial charge >= 0.3 is 0 Å². The first-order chi connectivity index (χ1) is 9.75. The van der Waals surface area contributed by atoms with Gasteiger partial charge in [0.1, 0.15) is 0 Å². The Morgan fingerprint density at radius 2 is 1.95 bits per heavy atom. The fourth-order valence-electron chi connectivity index (χ4n) is 1.94. The number of pyridine rings is 1. The topological polar surface area (TPSA) is 73.3 Å². The Hall–Kier alpha value is -2.95. The van der Waals surface area contributed by atoms with Gasteiger partial charge in [0.05, 0.1) is 11.3 Å². The molecule has 0 spiro atoms. The number of hydrogen-bond donors (Lipinski definition) is 1. The maximum atomic E-state index is 11.3. The molecule has 3 aromatic rings. The molecule has 0 fully saturated rings. The van der Waals surface area contributed by atoms with Gasteiger partial charge in [-0.15, -0.1) is 5.10 Å². The maximum absolute atomic E-state index is 11.3. The van der Waals surface area contributed by atoms with Crippen LogP contribution in [0.1, 0.15) is 21.6 Å². The Bertz CT molecular complexity index is 790. The molecule has 0 bridgehead atoms. The van der Waals surface area contributed by atoms with Crippen molar-refractivity contribution in [3.8, 4) is 0 Å². The van der Waals surface area contributed by atoms with Gasteiger partial charge in [0, 0.05) is 0 Å². The predicted molar refractivity (Wildman–Crippen MR) is 75.7 cm³/mol. The number of hydrogen-bond acceptors (Lipinski definition) is 3. The summed E-state index contributed by atoms with van der Waals surface area (Å²) in [6.45, 7) is 0. The van der Waals surface area contributed by atoms with Gasteiger partial charge in [-0.25, -0.2) is 9.50 Å². The van der Waals surface area contributed by atoms with Gasteiger partial charge in [-0.3, -0.25) is 4.79 Å². The largest absolute Gasteiger partial charge is 0.365 e. The Morgan fingerprint density at radius 3 is 2.70 bits per heavy atom. The van der Waals surface area contributed by atoms with Gasteiger partial charge in [0.2, 0.25) is 6.33 Å². The summed E-state index contributed by atoms with van der Waals surface area (Å²) in [4.78, 5) is 15.3. The standard InChI is InChI=1S/C15H11N4O/c16-14(20)13-9-8-12(19-15(13)17-10-18-19)7-6-11-4-2-1-3-5-11/h1-9H,(H2,16,20)/b7-6+. The van der Waals surface area contributed by atoms with Crippen molar-refractivity contribution >= 4 is 23.7 Å². The van der Waals surface area contributed by atoms with E-state index in [-0.39, 0.29) is 0 Å². The Labute approximate surface area is 115 Å². The molecular weight excluding hydrogens is 252 g/mol. The maximum Gasteiger partial charge on any atom is 0.252 e. The number of nitrogens with zero attached hydrogens (tertiary/aromatic N) is 3. The molecule has 5 heteroatoms. The highest BCUT2D eigenvalue weighted by atomic mass is 16.1. The van der Waals surface area contributed by atoms with Crippen LogP contribution in [-0.4, -0.2) is 20.5 Å². The van der Waals surface area contributed by atoms with Crippen LogP contribution in [0.25, 0.3) is 17.8 Å². The molecule has 2 heterocycles. The first-order valence-electron chi connectivity index (χ1n) is 6.04. The van der Waals surface area contributed by atoms with Gasteiger partial charge in [0.15, 0.2) is 5.65 Å². The van der Waals surface area contributed by atoms with Gasteiger partial charge in [-0.05, 0) is 23.8 Å². The molecule has 0 saturated carbocycles. The van der Waals surface area contributed by atoms with Crippen molar-refractivity contribution in [2.45, 2.75) is 0 Å². The number of carbonyl (C=O) groups is 1. The van der Waals surface area contributed by atoms with Crippen molar-refractivity contribution in [2.24, 2.45) is 5.73 Å². The molecular formula is C15H11N4O. The molecule has 2 N–H and O–H groups in total. The predicted octanol–water partition coefficient (Wildman–Crippen LogP) is 1.80. The monoisotopic (exact) mass is 263 g/mol. The molecule has 0 unspecified atom stereocenters. The lowest BCUT2D eigenvalue weighted by Gasteiger charge is -2.02. The fourth-order valence-corrected chi connectivity index (χ4v) is 1.94. The molecule has 5 nitrogen and oxygen atoms in total. The average molecular weight is 263 g/mol. The van der Waals surface area contributed by atoms with Crippen LogP contribution in [-0.2, 0) is 0 Å². The smallest absolute Gasteiger partial charge is 0.252 e. The van der Waals surface area contributed by atoms with Crippen molar-refractivity contribution in [1.82, 2.24) is 14.6 Å². The molecule has 0 aliphatic heterocycles. The summed E-state index contributed by atoms with van der Waals surface area (Å²) >= 11 is 0. The van der Waals surface area contributed by atoms with E-state index in [0.29, 0.717) is 11.2 Å². The summed E-state index contributed by atoms with van der Waals surface area (Å²) in [5, 5.41) is 4.00. The third kappa shape index (κ3) is 2.16. The van der Waals surface area contributed by atoms with E-state index in [4.69, 9.17) is 5.73 Å². The summed E-state index contributed by atoms with van der Waals surface area (Å²) in [6, 6.07) is 13.3. The minimum Gasteiger partial charge on any atom is -0.365 e. The number of rotatable bonds is 3. The molecule has 1 aromatic carbocycles. The van der Waals surface area contributed by atoms with Crippen molar-refractivity contribution in [1.29, 1.82) is 0 Å². The van der Waals surface area contributed by atoms with E-state index in [0.717, 1.165) is 11.3 Å². The second kappa shape index (κ2) is 4.97. The van der Waals surface area contributed by atoms with Crippen LogP contribution in [0.15, 0.2) is 42.5 Å². The SMILES string of the molecule is NC(=O)c1ccc(/C=C/c2ccccc2)n2n[c]nc12. The Kier molecular flexibility index (Phi) is 3.01. The second-order valence-corrected chi connectivity index (χ2v) is 4.23. The first kappa shape index (κ1) is 12.1. The number of carbonyl (C=O) groups excluding carboxylic acids is 1. The summed E-state index contributed by atoms with van der Waals surface area (Å²) in [5.74, 6) is -0.532. The minimum absolute atomic E-state index is 0.329. The van der Waals surface area contributed by atoms with Crippen LogP contribution >= 0.6 is 0 Å². The van der Waals surface area contributed by atoms with Crippen LogP contribution in [0.3, 0.4) is 0 Å². The van der Waals surface area contributed by atoms with E-state index in [1.807, 2.05) is 42.5 Å². The van der Waals surface area contributed by atoms with E-state index < -0.39 is 5.91 Å². The molecule has 1 amide bonds. The molecule has 0 aliphatic rings. The Morgan fingerprint density at radius 1 is 1.15 bits per heavy atom. The van der Waals surface area contributed by atoms with E-state index >= 15 is 0 Å². The molecule has 0 saturated heterocycles. The van der Waals surface area contributed by atoms with Crippen LogP contribution in [0.4, 0.5) is 0 Å². The minimum atomic E-state index is -0.532. The number of amides is 1. The molecule has 20 heavy (non-hydrogen) atoms.